The second kappa shape index (κ2) is 7.68. The number of aromatic nitrogens is 1. The largest absolute Gasteiger partial charge is 0.390 e. The predicted octanol–water partition coefficient (Wildman–Crippen LogP) is 3.71. The molecule has 120 valence electrons. The number of anilines is 1. The van der Waals surface area contributed by atoms with Gasteiger partial charge < -0.3 is 5.11 Å². The van der Waals surface area contributed by atoms with Crippen LogP contribution in [0, 0.1) is 0 Å². The van der Waals surface area contributed by atoms with E-state index >= 15 is 0 Å². The average Bonchev–Trinajstić information content (AvgIpc) is 3.08. The summed E-state index contributed by atoms with van der Waals surface area (Å²) < 4.78 is 0. The Labute approximate surface area is 144 Å². The Hall–Kier alpha value is -2.76. The lowest BCUT2D eigenvalue weighted by molar-refractivity contribution is -0.111. The molecule has 0 atom stereocenters. The van der Waals surface area contributed by atoms with Crippen LogP contribution in [0.15, 0.2) is 72.1 Å². The normalized spacial score (nSPS) is 10.2. The summed E-state index contributed by atoms with van der Waals surface area (Å²) in [5.74, 6) is -0.253. The molecule has 0 radical (unpaired) electrons. The molecule has 4 nitrogen and oxygen atoms in total. The van der Waals surface area contributed by atoms with Gasteiger partial charge in [0.05, 0.1) is 12.3 Å². The van der Waals surface area contributed by atoms with Gasteiger partial charge in [-0.25, -0.2) is 4.98 Å². The van der Waals surface area contributed by atoms with Gasteiger partial charge in [0.1, 0.15) is 0 Å². The molecule has 1 amide bonds. The number of nitrogens with one attached hydrogen (secondary N) is 1. The highest BCUT2D eigenvalue weighted by Gasteiger charge is 2.09. The lowest BCUT2D eigenvalue weighted by Crippen LogP contribution is -2.09. The number of amides is 1. The van der Waals surface area contributed by atoms with Crippen LogP contribution in [-0.4, -0.2) is 16.0 Å². The number of carbonyl (C=O) groups is 1. The molecule has 1 aromatic heterocycles. The topological polar surface area (TPSA) is 62.2 Å². The third kappa shape index (κ3) is 3.95. The fraction of sp³-hybridized carbons (Fsp3) is 0.0526. The highest BCUT2D eigenvalue weighted by atomic mass is 32.1. The summed E-state index contributed by atoms with van der Waals surface area (Å²) in [5, 5.41) is 14.0. The Bertz CT molecular complexity index is 801. The zero-order valence-corrected chi connectivity index (χ0v) is 13.7. The van der Waals surface area contributed by atoms with Gasteiger partial charge in [0.2, 0.25) is 0 Å². The Balaban J connectivity index is 1.90. The van der Waals surface area contributed by atoms with Gasteiger partial charge in [0, 0.05) is 11.5 Å². The molecule has 1 heterocycles. The van der Waals surface area contributed by atoms with E-state index in [0.29, 0.717) is 10.8 Å². The van der Waals surface area contributed by atoms with Crippen molar-refractivity contribution in [3.63, 3.8) is 0 Å². The second-order valence-corrected chi connectivity index (χ2v) is 5.94. The molecule has 0 fully saturated rings. The van der Waals surface area contributed by atoms with Crippen LogP contribution in [0.25, 0.3) is 5.57 Å². The van der Waals surface area contributed by atoms with Gasteiger partial charge in [0.25, 0.3) is 5.91 Å². The van der Waals surface area contributed by atoms with Crippen molar-refractivity contribution in [1.29, 1.82) is 0 Å². The van der Waals surface area contributed by atoms with Gasteiger partial charge >= 0.3 is 0 Å². The van der Waals surface area contributed by atoms with E-state index in [-0.39, 0.29) is 12.5 Å². The lowest BCUT2D eigenvalue weighted by Gasteiger charge is -2.08. The summed E-state index contributed by atoms with van der Waals surface area (Å²) in [5.41, 5.74) is 3.32. The highest BCUT2D eigenvalue weighted by molar-refractivity contribution is 7.13. The summed E-state index contributed by atoms with van der Waals surface area (Å²) in [7, 11) is 0. The number of benzene rings is 2. The monoisotopic (exact) mass is 336 g/mol. The Morgan fingerprint density at radius 1 is 1.04 bits per heavy atom. The van der Waals surface area contributed by atoms with Crippen molar-refractivity contribution in [2.45, 2.75) is 6.61 Å². The molecule has 2 N–H and O–H groups in total. The summed E-state index contributed by atoms with van der Waals surface area (Å²) in [4.78, 5) is 16.5. The summed E-state index contributed by atoms with van der Waals surface area (Å²) >= 11 is 1.29. The summed E-state index contributed by atoms with van der Waals surface area (Å²) in [6, 6.07) is 19.5. The number of nitrogens with zero attached hydrogens (tertiary/aromatic N) is 1. The molecule has 3 rings (SSSR count). The van der Waals surface area contributed by atoms with E-state index in [0.717, 1.165) is 16.7 Å². The molecule has 0 aliphatic heterocycles. The molecular weight excluding hydrogens is 320 g/mol. The van der Waals surface area contributed by atoms with E-state index in [1.165, 1.54) is 11.3 Å². The molecule has 2 aromatic carbocycles. The average molecular weight is 336 g/mol. The molecule has 24 heavy (non-hydrogen) atoms. The number of rotatable bonds is 5. The fourth-order valence-electron chi connectivity index (χ4n) is 2.28. The molecule has 5 heteroatoms. The van der Waals surface area contributed by atoms with E-state index < -0.39 is 0 Å². The van der Waals surface area contributed by atoms with Gasteiger partial charge in [-0.05, 0) is 16.7 Å². The van der Waals surface area contributed by atoms with E-state index in [1.807, 2.05) is 60.7 Å². The van der Waals surface area contributed by atoms with Crippen molar-refractivity contribution in [2.24, 2.45) is 0 Å². The van der Waals surface area contributed by atoms with E-state index in [1.54, 1.807) is 11.5 Å². The van der Waals surface area contributed by atoms with Crippen molar-refractivity contribution >= 4 is 27.9 Å². The van der Waals surface area contributed by atoms with Crippen LogP contribution in [0.5, 0.6) is 0 Å². The Kier molecular flexibility index (Phi) is 5.15. The van der Waals surface area contributed by atoms with Crippen LogP contribution in [0.2, 0.25) is 0 Å². The van der Waals surface area contributed by atoms with Gasteiger partial charge in [-0.2, -0.15) is 0 Å². The standard InChI is InChI=1S/C19H16N2O2S/c22-12-16-13-24-19(20-16)21-18(23)11-17(14-7-3-1-4-8-14)15-9-5-2-6-10-15/h1-11,13,22H,12H2,(H,20,21,23). The predicted molar refractivity (Wildman–Crippen MR) is 96.6 cm³/mol. The Morgan fingerprint density at radius 2 is 1.62 bits per heavy atom. The first kappa shape index (κ1) is 16.1. The first-order valence-electron chi connectivity index (χ1n) is 7.45. The zero-order valence-electron chi connectivity index (χ0n) is 12.8. The summed E-state index contributed by atoms with van der Waals surface area (Å²) in [6.07, 6.45) is 1.57. The molecule has 0 saturated carbocycles. The molecule has 0 spiro atoms. The maximum absolute atomic E-state index is 12.4. The smallest absolute Gasteiger partial charge is 0.250 e. The number of aliphatic hydroxyl groups excluding tert-OH is 1. The van der Waals surface area contributed by atoms with Crippen molar-refractivity contribution in [3.8, 4) is 0 Å². The third-order valence-electron chi connectivity index (χ3n) is 3.39. The van der Waals surface area contributed by atoms with E-state index in [2.05, 4.69) is 10.3 Å². The molecule has 0 saturated heterocycles. The van der Waals surface area contributed by atoms with Gasteiger partial charge in [-0.15, -0.1) is 11.3 Å². The van der Waals surface area contributed by atoms with Crippen LogP contribution in [0.1, 0.15) is 16.8 Å². The minimum absolute atomic E-state index is 0.137. The first-order chi connectivity index (χ1) is 11.8. The van der Waals surface area contributed by atoms with Crippen LogP contribution < -0.4 is 5.32 Å². The van der Waals surface area contributed by atoms with Gasteiger partial charge in [-0.3, -0.25) is 10.1 Å². The van der Waals surface area contributed by atoms with Crippen LogP contribution in [0.3, 0.4) is 0 Å². The Morgan fingerprint density at radius 3 is 2.12 bits per heavy atom. The number of hydrogen-bond donors (Lipinski definition) is 2. The second-order valence-electron chi connectivity index (χ2n) is 5.08. The minimum Gasteiger partial charge on any atom is -0.390 e. The van der Waals surface area contributed by atoms with Crippen molar-refractivity contribution < 1.29 is 9.90 Å². The summed E-state index contributed by atoms with van der Waals surface area (Å²) in [6.45, 7) is -0.137. The zero-order chi connectivity index (χ0) is 16.8. The molecule has 0 unspecified atom stereocenters. The van der Waals surface area contributed by atoms with Gasteiger partial charge in [-0.1, -0.05) is 60.7 Å². The molecule has 0 bridgehead atoms. The van der Waals surface area contributed by atoms with E-state index in [4.69, 9.17) is 5.11 Å². The number of hydrogen-bond acceptors (Lipinski definition) is 4. The van der Waals surface area contributed by atoms with Crippen LogP contribution in [0.4, 0.5) is 5.13 Å². The van der Waals surface area contributed by atoms with Crippen LogP contribution in [-0.2, 0) is 11.4 Å². The first-order valence-corrected chi connectivity index (χ1v) is 8.33. The van der Waals surface area contributed by atoms with Crippen molar-refractivity contribution in [2.75, 3.05) is 5.32 Å². The third-order valence-corrected chi connectivity index (χ3v) is 4.20. The van der Waals surface area contributed by atoms with Crippen molar-refractivity contribution in [3.05, 3.63) is 88.9 Å². The highest BCUT2D eigenvalue weighted by Crippen LogP contribution is 2.23. The van der Waals surface area contributed by atoms with Crippen molar-refractivity contribution in [1.82, 2.24) is 4.98 Å². The quantitative estimate of drug-likeness (QED) is 0.698. The molecule has 0 aliphatic carbocycles. The number of aliphatic hydroxyl groups is 1. The molecule has 0 aliphatic rings. The van der Waals surface area contributed by atoms with Gasteiger partial charge in [0.15, 0.2) is 5.13 Å². The SMILES string of the molecule is O=C(C=C(c1ccccc1)c1ccccc1)Nc1nc(CO)cs1. The maximum atomic E-state index is 12.4. The van der Waals surface area contributed by atoms with E-state index in [9.17, 15) is 4.79 Å². The minimum atomic E-state index is -0.253. The molecular formula is C19H16N2O2S. The fourth-order valence-corrected chi connectivity index (χ4v) is 2.98. The molecule has 3 aromatic rings. The lowest BCUT2D eigenvalue weighted by atomic mass is 9.97. The van der Waals surface area contributed by atoms with Crippen LogP contribution >= 0.6 is 11.3 Å². The number of carbonyl (C=O) groups excluding carboxylic acids is 1. The maximum Gasteiger partial charge on any atom is 0.250 e. The number of thiazole rings is 1.